The minimum Gasteiger partial charge on any atom is -0.394 e. The fourth-order valence-corrected chi connectivity index (χ4v) is 9.93. The van der Waals surface area contributed by atoms with Crippen LogP contribution in [0, 0.1) is 0 Å². The first-order chi connectivity index (χ1) is 44.1. The van der Waals surface area contributed by atoms with E-state index in [1.54, 1.807) is 6.08 Å². The zero-order valence-corrected chi connectivity index (χ0v) is 55.0. The summed E-state index contributed by atoms with van der Waals surface area (Å²) in [6.45, 7) is 2.62. The average Bonchev–Trinajstić information content (AvgIpc) is 1.04. The molecule has 14 heteroatoms. The molecule has 0 saturated carbocycles. The highest BCUT2D eigenvalue weighted by Crippen LogP contribution is 2.30. The van der Waals surface area contributed by atoms with Crippen LogP contribution in [0.1, 0.15) is 206 Å². The zero-order chi connectivity index (χ0) is 65.2. The number of amides is 1. The van der Waals surface area contributed by atoms with Crippen molar-refractivity contribution in [2.75, 3.05) is 19.8 Å². The first-order valence-electron chi connectivity index (χ1n) is 34.4. The molecule has 2 fully saturated rings. The van der Waals surface area contributed by atoms with Gasteiger partial charge in [0.15, 0.2) is 12.6 Å². The van der Waals surface area contributed by atoms with E-state index in [2.05, 4.69) is 177 Å². The van der Waals surface area contributed by atoms with E-state index in [1.807, 2.05) is 6.08 Å². The van der Waals surface area contributed by atoms with Crippen molar-refractivity contribution in [3.63, 3.8) is 0 Å². The topological polar surface area (TPSA) is 228 Å². The van der Waals surface area contributed by atoms with Crippen LogP contribution in [-0.4, -0.2) is 140 Å². The number of ether oxygens (including phenoxy) is 4. The molecule has 2 rings (SSSR count). The van der Waals surface area contributed by atoms with Crippen LogP contribution in [0.3, 0.4) is 0 Å². The monoisotopic (exact) mass is 1260 g/mol. The summed E-state index contributed by atoms with van der Waals surface area (Å²) in [7, 11) is 0. The molecular formula is C76H121NO13. The van der Waals surface area contributed by atoms with Crippen LogP contribution in [-0.2, 0) is 23.7 Å². The first kappa shape index (κ1) is 81.4. The van der Waals surface area contributed by atoms with E-state index in [9.17, 15) is 45.6 Å². The van der Waals surface area contributed by atoms with Gasteiger partial charge in [-0.25, -0.2) is 0 Å². The van der Waals surface area contributed by atoms with Gasteiger partial charge in [0.25, 0.3) is 0 Å². The number of hydrogen-bond donors (Lipinski definition) is 9. The third kappa shape index (κ3) is 41.8. The Labute approximate surface area is 543 Å². The van der Waals surface area contributed by atoms with E-state index in [-0.39, 0.29) is 18.9 Å². The molecule has 0 aliphatic carbocycles. The predicted octanol–water partition coefficient (Wildman–Crippen LogP) is 14.0. The molecule has 508 valence electrons. The third-order valence-corrected chi connectivity index (χ3v) is 15.4. The highest BCUT2D eigenvalue weighted by Gasteiger charge is 2.51. The first-order valence-corrected chi connectivity index (χ1v) is 34.4. The minimum absolute atomic E-state index is 0.206. The van der Waals surface area contributed by atoms with E-state index < -0.39 is 86.8 Å². The second-order valence-corrected chi connectivity index (χ2v) is 23.2. The Morgan fingerprint density at radius 2 is 0.778 bits per heavy atom. The predicted molar refractivity (Wildman–Crippen MR) is 368 cm³/mol. The maximum Gasteiger partial charge on any atom is 0.220 e. The lowest BCUT2D eigenvalue weighted by atomic mass is 9.97. The second kappa shape index (κ2) is 58.2. The number of aliphatic hydroxyl groups is 8. The van der Waals surface area contributed by atoms with Crippen LogP contribution in [0.25, 0.3) is 0 Å². The summed E-state index contributed by atoms with van der Waals surface area (Å²) < 4.78 is 22.8. The number of unbranched alkanes of at least 4 members (excludes halogenated alkanes) is 14. The summed E-state index contributed by atoms with van der Waals surface area (Å²) in [6.07, 6.45) is 74.1. The standard InChI is InChI=1S/C76H121NO13/c1-3-5-7-9-11-13-15-17-19-21-22-23-24-25-26-27-28-29-30-31-32-33-34-35-36-37-38-39-40-41-42-44-46-48-50-52-54-56-58-60-68(81)77-64(65(80)59-57-55-53-51-49-47-45-43-20-18-16-14-12-10-8-6-4-2)63-87-75-73(86)71(84)74(67(62-79)89-75)90-76-72(85)70(83)69(82)66(61-78)88-76/h5,7,11,13,17,19,22-23,25-26,28-29,31-32,34-35,37-38,40-41,44,46,49-52,57,59,64-67,69-76,78-80,82-86H,3-4,6,8-10,12,14-16,18,20-21,24,27,30,33,36,39,42-43,45,47-48,53-56,58,60-63H2,1-2H3,(H,77,81)/b7-5-,13-11-,19-17-,23-22-,26-25-,29-28-,32-31-,35-34-,38-37-,41-40-,46-44-,51-49+,52-50-,59-57+. The van der Waals surface area contributed by atoms with Gasteiger partial charge in [-0.05, 0) is 122 Å². The van der Waals surface area contributed by atoms with Crippen molar-refractivity contribution in [3.8, 4) is 0 Å². The largest absolute Gasteiger partial charge is 0.394 e. The zero-order valence-electron chi connectivity index (χ0n) is 55.0. The number of rotatable bonds is 53. The molecule has 2 heterocycles. The maximum atomic E-state index is 13.3. The summed E-state index contributed by atoms with van der Waals surface area (Å²) in [5, 5.41) is 87.2. The van der Waals surface area contributed by atoms with Gasteiger partial charge in [0.1, 0.15) is 48.8 Å². The molecule has 0 aromatic rings. The molecule has 0 aromatic carbocycles. The lowest BCUT2D eigenvalue weighted by molar-refractivity contribution is -0.359. The Hall–Kier alpha value is -4.65. The quantitative estimate of drug-likeness (QED) is 0.0204. The average molecular weight is 1260 g/mol. The van der Waals surface area contributed by atoms with Crippen molar-refractivity contribution in [1.82, 2.24) is 5.32 Å². The SMILES string of the molecule is CC/C=C\C/C=C\C/C=C\C/C=C\C/C=C\C/C=C\C/C=C\C/C=C\C/C=C\C/C=C\C/C=C\C/C=C\CCCCC(=O)NC(COC1OC(CO)C(OC2OC(CO)C(O)C(O)C2O)C(O)C1O)C(O)/C=C/CC/C=C/CCCCCCCCCCCCC. The van der Waals surface area contributed by atoms with Crippen LogP contribution in [0.2, 0.25) is 0 Å². The number of allylic oxidation sites excluding steroid dienone is 27. The van der Waals surface area contributed by atoms with Gasteiger partial charge < -0.3 is 65.1 Å². The molecule has 14 nitrogen and oxygen atoms in total. The summed E-state index contributed by atoms with van der Waals surface area (Å²) in [4.78, 5) is 13.3. The number of hydrogen-bond acceptors (Lipinski definition) is 13. The maximum absolute atomic E-state index is 13.3. The molecule has 1 amide bonds. The molecule has 12 atom stereocenters. The highest BCUT2D eigenvalue weighted by molar-refractivity contribution is 5.76. The molecule has 90 heavy (non-hydrogen) atoms. The Kier molecular flexibility index (Phi) is 52.7. The Morgan fingerprint density at radius 1 is 0.411 bits per heavy atom. The minimum atomic E-state index is -1.80. The molecular weight excluding hydrogens is 1130 g/mol. The van der Waals surface area contributed by atoms with E-state index in [0.29, 0.717) is 12.8 Å². The summed E-state index contributed by atoms with van der Waals surface area (Å²) in [6, 6.07) is -0.968. The van der Waals surface area contributed by atoms with Crippen molar-refractivity contribution >= 4 is 5.91 Å². The normalized spacial score (nSPS) is 24.0. The molecule has 2 aliphatic heterocycles. The van der Waals surface area contributed by atoms with Gasteiger partial charge in [-0.2, -0.15) is 0 Å². The number of carbonyl (C=O) groups is 1. The van der Waals surface area contributed by atoms with Crippen molar-refractivity contribution < 1.29 is 64.6 Å². The van der Waals surface area contributed by atoms with Gasteiger partial charge in [-0.1, -0.05) is 248 Å². The van der Waals surface area contributed by atoms with Gasteiger partial charge in [0.05, 0.1) is 32.0 Å². The molecule has 2 aliphatic rings. The van der Waals surface area contributed by atoms with E-state index in [1.165, 1.54) is 70.6 Å². The fourth-order valence-electron chi connectivity index (χ4n) is 9.93. The summed E-state index contributed by atoms with van der Waals surface area (Å²) in [5.41, 5.74) is 0. The van der Waals surface area contributed by atoms with Gasteiger partial charge in [0, 0.05) is 6.42 Å². The van der Waals surface area contributed by atoms with Crippen molar-refractivity contribution in [1.29, 1.82) is 0 Å². The van der Waals surface area contributed by atoms with Gasteiger partial charge in [-0.15, -0.1) is 0 Å². The summed E-state index contributed by atoms with van der Waals surface area (Å²) >= 11 is 0. The molecule has 0 radical (unpaired) electrons. The summed E-state index contributed by atoms with van der Waals surface area (Å²) in [5.74, 6) is -0.299. The number of aliphatic hydroxyl groups excluding tert-OH is 8. The fraction of sp³-hybridized carbons (Fsp3) is 0.618. The van der Waals surface area contributed by atoms with E-state index in [4.69, 9.17) is 18.9 Å². The van der Waals surface area contributed by atoms with Gasteiger partial charge in [0.2, 0.25) is 5.91 Å². The molecule has 0 aromatic heterocycles. The van der Waals surface area contributed by atoms with Crippen LogP contribution in [0.15, 0.2) is 170 Å². The highest BCUT2D eigenvalue weighted by atomic mass is 16.7. The molecule has 0 bridgehead atoms. The van der Waals surface area contributed by atoms with Gasteiger partial charge in [-0.3, -0.25) is 4.79 Å². The van der Waals surface area contributed by atoms with E-state index in [0.717, 1.165) is 103 Å². The number of nitrogens with one attached hydrogen (secondary N) is 1. The third-order valence-electron chi connectivity index (χ3n) is 15.4. The lowest BCUT2D eigenvalue weighted by Crippen LogP contribution is -2.65. The van der Waals surface area contributed by atoms with Crippen molar-refractivity contribution in [2.45, 2.75) is 280 Å². The van der Waals surface area contributed by atoms with E-state index >= 15 is 0 Å². The molecule has 12 unspecified atom stereocenters. The Morgan fingerprint density at radius 3 is 1.22 bits per heavy atom. The van der Waals surface area contributed by atoms with Crippen molar-refractivity contribution in [3.05, 3.63) is 170 Å². The van der Waals surface area contributed by atoms with Crippen LogP contribution in [0.4, 0.5) is 0 Å². The molecule has 0 spiro atoms. The second-order valence-electron chi connectivity index (χ2n) is 23.2. The van der Waals surface area contributed by atoms with Crippen LogP contribution >= 0.6 is 0 Å². The van der Waals surface area contributed by atoms with Crippen LogP contribution < -0.4 is 5.32 Å². The molecule has 2 saturated heterocycles. The van der Waals surface area contributed by atoms with Crippen molar-refractivity contribution in [2.24, 2.45) is 0 Å². The Balaban J connectivity index is 1.70. The number of carbonyl (C=O) groups excluding carboxylic acids is 1. The van der Waals surface area contributed by atoms with Gasteiger partial charge >= 0.3 is 0 Å². The molecule has 9 N–H and O–H groups in total. The Bertz CT molecular complexity index is 2170. The lowest BCUT2D eigenvalue weighted by Gasteiger charge is -2.46. The smallest absolute Gasteiger partial charge is 0.220 e. The van der Waals surface area contributed by atoms with Crippen LogP contribution in [0.5, 0.6) is 0 Å².